The monoisotopic (exact) mass is 386 g/mol. The van der Waals surface area contributed by atoms with Gasteiger partial charge in [-0.05, 0) is 17.7 Å². The predicted molar refractivity (Wildman–Crippen MR) is 99.8 cm³/mol. The molecule has 10 nitrogen and oxygen atoms in total. The zero-order chi connectivity index (χ0) is 20.5. The summed E-state index contributed by atoms with van der Waals surface area (Å²) in [6.45, 7) is -0.204. The van der Waals surface area contributed by atoms with Crippen LogP contribution in [0, 0.1) is 10.1 Å². The number of phenols is 1. The van der Waals surface area contributed by atoms with Crippen LogP contribution in [0.2, 0.25) is 0 Å². The minimum Gasteiger partial charge on any atom is -0.502 e. The highest BCUT2D eigenvalue weighted by Gasteiger charge is 2.14. The van der Waals surface area contributed by atoms with E-state index in [4.69, 9.17) is 4.74 Å². The number of ether oxygens (including phenoxy) is 1. The quantitative estimate of drug-likeness (QED) is 0.425. The van der Waals surface area contributed by atoms with Crippen molar-refractivity contribution in [2.45, 2.75) is 6.61 Å². The lowest BCUT2D eigenvalue weighted by atomic mass is 10.2. The van der Waals surface area contributed by atoms with Crippen LogP contribution in [0.15, 0.2) is 53.6 Å². The van der Waals surface area contributed by atoms with E-state index in [1.165, 1.54) is 19.3 Å². The molecule has 0 aliphatic rings. The van der Waals surface area contributed by atoms with Crippen LogP contribution in [0.4, 0.5) is 10.5 Å². The van der Waals surface area contributed by atoms with Crippen molar-refractivity contribution in [3.05, 3.63) is 69.8 Å². The van der Waals surface area contributed by atoms with E-state index < -0.39 is 28.4 Å². The molecule has 28 heavy (non-hydrogen) atoms. The third-order valence-corrected chi connectivity index (χ3v) is 3.50. The average Bonchev–Trinajstić information content (AvgIpc) is 2.67. The van der Waals surface area contributed by atoms with Gasteiger partial charge in [-0.3, -0.25) is 14.9 Å². The average molecular weight is 386 g/mol. The van der Waals surface area contributed by atoms with Gasteiger partial charge in [0.05, 0.1) is 11.1 Å². The molecule has 0 saturated heterocycles. The maximum atomic E-state index is 11.9. The molecule has 2 aromatic carbocycles. The molecule has 0 aliphatic carbocycles. The minimum absolute atomic E-state index is 0.0867. The van der Waals surface area contributed by atoms with Gasteiger partial charge in [0.15, 0.2) is 5.75 Å². The number of likely N-dealkylation sites (N-methyl/N-ethyl adjacent to an activating group) is 1. The van der Waals surface area contributed by atoms with Crippen molar-refractivity contribution >= 4 is 23.9 Å². The third kappa shape index (κ3) is 6.09. The summed E-state index contributed by atoms with van der Waals surface area (Å²) in [5.74, 6) is -1.05. The number of nitro benzene ring substituents is 1. The largest absolute Gasteiger partial charge is 0.502 e. The molecule has 0 unspecified atom stereocenters. The summed E-state index contributed by atoms with van der Waals surface area (Å²) in [6.07, 6.45) is 0.509. The van der Waals surface area contributed by atoms with Crippen molar-refractivity contribution in [3.8, 4) is 5.75 Å². The molecule has 2 rings (SSSR count). The maximum Gasteiger partial charge on any atom is 0.410 e. The minimum atomic E-state index is -0.735. The van der Waals surface area contributed by atoms with Gasteiger partial charge in [0.2, 0.25) is 0 Å². The summed E-state index contributed by atoms with van der Waals surface area (Å²) < 4.78 is 5.09. The Kier molecular flexibility index (Phi) is 7.03. The molecule has 0 aliphatic heterocycles. The van der Waals surface area contributed by atoms with Crippen LogP contribution in [0.5, 0.6) is 5.75 Å². The van der Waals surface area contributed by atoms with Gasteiger partial charge < -0.3 is 14.7 Å². The van der Waals surface area contributed by atoms with Gasteiger partial charge in [0.25, 0.3) is 5.91 Å². The number of hydrazone groups is 1. The van der Waals surface area contributed by atoms with Crippen molar-refractivity contribution in [2.75, 3.05) is 13.6 Å². The van der Waals surface area contributed by atoms with Gasteiger partial charge in [-0.1, -0.05) is 30.3 Å². The number of aromatic hydroxyl groups is 1. The fourth-order valence-electron chi connectivity index (χ4n) is 2.09. The van der Waals surface area contributed by atoms with Gasteiger partial charge in [0, 0.05) is 18.7 Å². The molecule has 2 aromatic rings. The van der Waals surface area contributed by atoms with Gasteiger partial charge in [-0.15, -0.1) is 0 Å². The lowest BCUT2D eigenvalue weighted by molar-refractivity contribution is -0.385. The molecule has 0 heterocycles. The first-order chi connectivity index (χ1) is 13.4. The van der Waals surface area contributed by atoms with E-state index in [2.05, 4.69) is 10.5 Å². The van der Waals surface area contributed by atoms with Crippen molar-refractivity contribution < 1.29 is 24.4 Å². The van der Waals surface area contributed by atoms with Crippen LogP contribution < -0.4 is 5.43 Å². The first kappa shape index (κ1) is 20.4. The van der Waals surface area contributed by atoms with Crippen molar-refractivity contribution in [1.82, 2.24) is 10.3 Å². The topological polar surface area (TPSA) is 134 Å². The van der Waals surface area contributed by atoms with E-state index in [-0.39, 0.29) is 13.2 Å². The number of amides is 2. The molecule has 2 N–H and O–H groups in total. The first-order valence-electron chi connectivity index (χ1n) is 8.08. The van der Waals surface area contributed by atoms with Crippen molar-refractivity contribution in [1.29, 1.82) is 0 Å². The highest BCUT2D eigenvalue weighted by molar-refractivity contribution is 5.85. The van der Waals surface area contributed by atoms with Crippen LogP contribution in [0.1, 0.15) is 11.1 Å². The summed E-state index contributed by atoms with van der Waals surface area (Å²) in [4.78, 5) is 34.8. The Bertz CT molecular complexity index is 885. The second-order valence-electron chi connectivity index (χ2n) is 5.69. The zero-order valence-corrected chi connectivity index (χ0v) is 14.9. The summed E-state index contributed by atoms with van der Waals surface area (Å²) in [7, 11) is 1.40. The van der Waals surface area contributed by atoms with Gasteiger partial charge in [-0.25, -0.2) is 10.2 Å². The molecule has 0 atom stereocenters. The van der Waals surface area contributed by atoms with E-state index in [9.17, 15) is 24.8 Å². The smallest absolute Gasteiger partial charge is 0.410 e. The number of hydrogen-bond acceptors (Lipinski definition) is 7. The number of nitro groups is 1. The summed E-state index contributed by atoms with van der Waals surface area (Å²) in [6, 6.07) is 12.8. The van der Waals surface area contributed by atoms with Crippen LogP contribution in [-0.4, -0.2) is 46.7 Å². The molecular weight excluding hydrogens is 368 g/mol. The van der Waals surface area contributed by atoms with Crippen molar-refractivity contribution in [3.63, 3.8) is 0 Å². The number of nitrogens with zero attached hydrogens (tertiary/aromatic N) is 3. The van der Waals surface area contributed by atoms with Crippen LogP contribution >= 0.6 is 0 Å². The number of carbonyl (C=O) groups is 2. The molecule has 0 saturated carbocycles. The first-order valence-corrected chi connectivity index (χ1v) is 8.08. The number of nitrogens with one attached hydrogen (secondary N) is 1. The summed E-state index contributed by atoms with van der Waals surface area (Å²) >= 11 is 0. The lowest BCUT2D eigenvalue weighted by Crippen LogP contribution is -2.36. The van der Waals surface area contributed by atoms with Crippen molar-refractivity contribution in [2.24, 2.45) is 5.10 Å². The zero-order valence-electron chi connectivity index (χ0n) is 14.9. The Balaban J connectivity index is 1.81. The molecular formula is C18H18N4O6. The highest BCUT2D eigenvalue weighted by atomic mass is 16.6. The Hall–Kier alpha value is -3.95. The molecule has 0 radical (unpaired) electrons. The van der Waals surface area contributed by atoms with Crippen LogP contribution in [-0.2, 0) is 16.1 Å². The normalized spacial score (nSPS) is 10.5. The molecule has 0 spiro atoms. The van der Waals surface area contributed by atoms with Gasteiger partial charge >= 0.3 is 11.8 Å². The Morgan fingerprint density at radius 1 is 1.29 bits per heavy atom. The standard InChI is InChI=1S/C18H18N4O6/c1-21(18(25)28-12-13-5-3-2-4-6-13)11-17(24)20-19-10-14-7-8-16(23)15(9-14)22(26)27/h2-10,23H,11-12H2,1H3,(H,20,24)/b19-10-. The number of hydrogen-bond donors (Lipinski definition) is 2. The number of phenolic OH excluding ortho intramolecular Hbond substituents is 1. The van der Waals surface area contributed by atoms with E-state index >= 15 is 0 Å². The Morgan fingerprint density at radius 3 is 2.68 bits per heavy atom. The van der Waals surface area contributed by atoms with E-state index in [0.29, 0.717) is 5.56 Å². The Labute approximate surface area is 160 Å². The number of rotatable bonds is 7. The molecule has 10 heteroatoms. The van der Waals surface area contributed by atoms with Gasteiger partial charge in [-0.2, -0.15) is 5.10 Å². The maximum absolute atomic E-state index is 11.9. The summed E-state index contributed by atoms with van der Waals surface area (Å²) in [5.41, 5.74) is 2.85. The van der Waals surface area contributed by atoms with Crippen LogP contribution in [0.25, 0.3) is 0 Å². The highest BCUT2D eigenvalue weighted by Crippen LogP contribution is 2.25. The molecule has 0 aromatic heterocycles. The van der Waals surface area contributed by atoms with Crippen LogP contribution in [0.3, 0.4) is 0 Å². The molecule has 0 bridgehead atoms. The van der Waals surface area contributed by atoms with E-state index in [1.54, 1.807) is 0 Å². The second-order valence-corrected chi connectivity index (χ2v) is 5.69. The lowest BCUT2D eigenvalue weighted by Gasteiger charge is -2.15. The Morgan fingerprint density at radius 2 is 2.00 bits per heavy atom. The second kappa shape index (κ2) is 9.67. The van der Waals surface area contributed by atoms with Gasteiger partial charge in [0.1, 0.15) is 13.2 Å². The predicted octanol–water partition coefficient (Wildman–Crippen LogP) is 2.02. The van der Waals surface area contributed by atoms with E-state index in [1.807, 2.05) is 30.3 Å². The molecule has 0 fully saturated rings. The van der Waals surface area contributed by atoms with E-state index in [0.717, 1.165) is 22.6 Å². The fraction of sp³-hybridized carbons (Fsp3) is 0.167. The third-order valence-electron chi connectivity index (χ3n) is 3.50. The molecule has 2 amide bonds. The molecule has 146 valence electrons. The SMILES string of the molecule is CN(CC(=O)N/N=C\c1ccc(O)c([N+](=O)[O-])c1)C(=O)OCc1ccccc1. The summed E-state index contributed by atoms with van der Waals surface area (Å²) in [5, 5.41) is 23.8. The number of carbonyl (C=O) groups excluding carboxylic acids is 2. The fourth-order valence-corrected chi connectivity index (χ4v) is 2.09. The number of benzene rings is 2.